The van der Waals surface area contributed by atoms with Gasteiger partial charge in [-0.25, -0.2) is 14.6 Å². The molecule has 1 aliphatic rings. The number of para-hydroxylation sites is 1. The summed E-state index contributed by atoms with van der Waals surface area (Å²) in [6.07, 6.45) is 6.84. The number of hydrogen-bond donors (Lipinski definition) is 3. The van der Waals surface area contributed by atoms with Crippen LogP contribution in [0.1, 0.15) is 51.5 Å². The number of fused-ring (bicyclic) bond motifs is 1. The number of benzene rings is 2. The number of nitrogens with zero attached hydrogens (tertiary/aromatic N) is 4. The summed E-state index contributed by atoms with van der Waals surface area (Å²) in [6, 6.07) is 17.2. The van der Waals surface area contributed by atoms with Crippen molar-refractivity contribution in [1.29, 1.82) is 0 Å². The summed E-state index contributed by atoms with van der Waals surface area (Å²) in [4.78, 5) is 21.7. The summed E-state index contributed by atoms with van der Waals surface area (Å²) in [7, 11) is 0. The molecule has 0 radical (unpaired) electrons. The second-order valence-electron chi connectivity index (χ2n) is 9.61. The lowest BCUT2D eigenvalue weighted by Gasteiger charge is -2.30. The molecule has 1 amide bonds. The van der Waals surface area contributed by atoms with E-state index in [4.69, 9.17) is 21.2 Å². The van der Waals surface area contributed by atoms with Gasteiger partial charge in [0.1, 0.15) is 17.3 Å². The van der Waals surface area contributed by atoms with E-state index >= 15 is 0 Å². The number of nitrogens with one attached hydrogen (secondary N) is 1. The Kier molecular flexibility index (Phi) is 8.81. The Balaban J connectivity index is 0.00000336. The molecule has 1 saturated carbocycles. The Morgan fingerprint density at radius 3 is 2.42 bits per heavy atom. The van der Waals surface area contributed by atoms with Crippen LogP contribution < -0.4 is 21.5 Å². The van der Waals surface area contributed by atoms with Crippen LogP contribution in [0.5, 0.6) is 11.5 Å². The monoisotopic (exact) mass is 535 g/mol. The minimum absolute atomic E-state index is 0. The van der Waals surface area contributed by atoms with Gasteiger partial charge in [-0.1, -0.05) is 31.5 Å². The normalized spacial score (nSPS) is 17.9. The molecule has 0 unspecified atom stereocenters. The van der Waals surface area contributed by atoms with Gasteiger partial charge in [-0.15, -0.1) is 12.4 Å². The fourth-order valence-electron chi connectivity index (χ4n) is 4.86. The lowest BCUT2D eigenvalue weighted by molar-refractivity contribution is -0.123. The standard InChI is InChI=1S/C28H33N7O2.ClH/c1-2-6-24(29)28(36)32-19-11-13-20(14-12-19)35-27-23(17-31-35)25(30)33-26(34-27)18-9-15-22(16-10-18)37-21-7-4-3-5-8-21;/h3-5,7-10,15-17,19-20,24H,2,6,11-14,29H2,1H3,(H,32,36)(H2,30,33,34);1H/t19?,20?,24-;/m1./s1. The molecular formula is C28H34ClN7O2. The molecule has 2 heterocycles. The first-order valence-electron chi connectivity index (χ1n) is 12.9. The quantitative estimate of drug-likeness (QED) is 0.288. The third kappa shape index (κ3) is 6.06. The van der Waals surface area contributed by atoms with Crippen molar-refractivity contribution in [3.05, 3.63) is 60.8 Å². The van der Waals surface area contributed by atoms with Crippen molar-refractivity contribution in [2.24, 2.45) is 5.73 Å². The van der Waals surface area contributed by atoms with Crippen molar-refractivity contribution >= 4 is 35.2 Å². The van der Waals surface area contributed by atoms with Crippen LogP contribution in [0.25, 0.3) is 22.4 Å². The van der Waals surface area contributed by atoms with Crippen LogP contribution in [0.3, 0.4) is 0 Å². The second kappa shape index (κ2) is 12.2. The molecule has 9 nitrogen and oxygen atoms in total. The van der Waals surface area contributed by atoms with Gasteiger partial charge in [0.25, 0.3) is 0 Å². The van der Waals surface area contributed by atoms with E-state index in [9.17, 15) is 4.79 Å². The molecule has 0 spiro atoms. The molecule has 1 aliphatic carbocycles. The van der Waals surface area contributed by atoms with Crippen LogP contribution >= 0.6 is 12.4 Å². The van der Waals surface area contributed by atoms with Crippen molar-refractivity contribution in [1.82, 2.24) is 25.1 Å². The van der Waals surface area contributed by atoms with Gasteiger partial charge in [-0.05, 0) is 68.5 Å². The lowest BCUT2D eigenvalue weighted by atomic mass is 9.91. The van der Waals surface area contributed by atoms with Crippen molar-refractivity contribution < 1.29 is 9.53 Å². The van der Waals surface area contributed by atoms with Crippen LogP contribution in [0.4, 0.5) is 5.82 Å². The molecule has 5 rings (SSSR count). The van der Waals surface area contributed by atoms with E-state index in [-0.39, 0.29) is 30.4 Å². The highest BCUT2D eigenvalue weighted by Crippen LogP contribution is 2.32. The van der Waals surface area contributed by atoms with E-state index in [0.29, 0.717) is 18.1 Å². The number of ether oxygens (including phenoxy) is 1. The number of rotatable bonds is 8. The molecule has 1 atom stereocenters. The van der Waals surface area contributed by atoms with E-state index in [2.05, 4.69) is 15.4 Å². The molecule has 4 aromatic rings. The van der Waals surface area contributed by atoms with Crippen LogP contribution in [-0.2, 0) is 4.79 Å². The molecule has 0 bridgehead atoms. The summed E-state index contributed by atoms with van der Waals surface area (Å²) in [6.45, 7) is 2.03. The third-order valence-electron chi connectivity index (χ3n) is 6.90. The SMILES string of the molecule is CCC[C@@H](N)C(=O)NC1CCC(n2ncc3c(N)nc(-c4ccc(Oc5ccccc5)cc4)nc32)CC1.Cl. The molecular weight excluding hydrogens is 502 g/mol. The summed E-state index contributed by atoms with van der Waals surface area (Å²) < 4.78 is 7.86. The van der Waals surface area contributed by atoms with E-state index in [0.717, 1.165) is 60.2 Å². The number of amides is 1. The smallest absolute Gasteiger partial charge is 0.237 e. The fourth-order valence-corrected chi connectivity index (χ4v) is 4.86. The minimum Gasteiger partial charge on any atom is -0.457 e. The average molecular weight is 536 g/mol. The number of anilines is 1. The Morgan fingerprint density at radius 2 is 1.74 bits per heavy atom. The highest BCUT2D eigenvalue weighted by molar-refractivity contribution is 5.87. The molecule has 38 heavy (non-hydrogen) atoms. The van der Waals surface area contributed by atoms with Crippen molar-refractivity contribution in [2.75, 3.05) is 5.73 Å². The molecule has 200 valence electrons. The largest absolute Gasteiger partial charge is 0.457 e. The third-order valence-corrected chi connectivity index (χ3v) is 6.90. The summed E-state index contributed by atoms with van der Waals surface area (Å²) in [5, 5.41) is 8.48. The van der Waals surface area contributed by atoms with E-state index in [1.54, 1.807) is 6.20 Å². The van der Waals surface area contributed by atoms with Gasteiger partial charge in [0.05, 0.1) is 23.7 Å². The Morgan fingerprint density at radius 1 is 1.05 bits per heavy atom. The zero-order valence-corrected chi connectivity index (χ0v) is 22.2. The highest BCUT2D eigenvalue weighted by atomic mass is 35.5. The Hall–Kier alpha value is -3.69. The predicted octanol–water partition coefficient (Wildman–Crippen LogP) is 5.02. The number of halogens is 1. The Labute approximate surface area is 228 Å². The first-order valence-corrected chi connectivity index (χ1v) is 12.9. The van der Waals surface area contributed by atoms with Crippen molar-refractivity contribution in [2.45, 2.75) is 63.6 Å². The summed E-state index contributed by atoms with van der Waals surface area (Å²) >= 11 is 0. The number of aromatic nitrogens is 4. The number of carbonyl (C=O) groups excluding carboxylic acids is 1. The average Bonchev–Trinajstić information content (AvgIpc) is 3.35. The number of hydrogen-bond acceptors (Lipinski definition) is 7. The van der Waals surface area contributed by atoms with Gasteiger partial charge in [0.15, 0.2) is 11.5 Å². The molecule has 5 N–H and O–H groups in total. The first-order chi connectivity index (χ1) is 18.0. The molecule has 1 fully saturated rings. The van der Waals surface area contributed by atoms with Crippen molar-refractivity contribution in [3.8, 4) is 22.9 Å². The fraction of sp³-hybridized carbons (Fsp3) is 0.357. The maximum atomic E-state index is 12.3. The summed E-state index contributed by atoms with van der Waals surface area (Å²) in [5.41, 5.74) is 13.9. The van der Waals surface area contributed by atoms with E-state index in [1.165, 1.54) is 0 Å². The maximum absolute atomic E-state index is 12.3. The molecule has 0 saturated heterocycles. The van der Waals surface area contributed by atoms with Crippen LogP contribution in [0.2, 0.25) is 0 Å². The number of nitrogen functional groups attached to an aromatic ring is 1. The number of carbonyl (C=O) groups is 1. The predicted molar refractivity (Wildman–Crippen MR) is 151 cm³/mol. The molecule has 0 aliphatic heterocycles. The zero-order chi connectivity index (χ0) is 25.8. The minimum atomic E-state index is -0.435. The summed E-state index contributed by atoms with van der Waals surface area (Å²) in [5.74, 6) is 2.40. The second-order valence-corrected chi connectivity index (χ2v) is 9.61. The molecule has 2 aromatic carbocycles. The van der Waals surface area contributed by atoms with Crippen LogP contribution in [0.15, 0.2) is 60.8 Å². The maximum Gasteiger partial charge on any atom is 0.237 e. The van der Waals surface area contributed by atoms with Gasteiger partial charge in [-0.3, -0.25) is 4.79 Å². The van der Waals surface area contributed by atoms with E-state index in [1.807, 2.05) is 66.2 Å². The van der Waals surface area contributed by atoms with Gasteiger partial charge in [0.2, 0.25) is 5.91 Å². The van der Waals surface area contributed by atoms with Gasteiger partial charge >= 0.3 is 0 Å². The van der Waals surface area contributed by atoms with Crippen LogP contribution in [0, 0.1) is 0 Å². The Bertz CT molecular complexity index is 1350. The molecule has 10 heteroatoms. The zero-order valence-electron chi connectivity index (χ0n) is 21.4. The highest BCUT2D eigenvalue weighted by Gasteiger charge is 2.27. The van der Waals surface area contributed by atoms with Crippen molar-refractivity contribution in [3.63, 3.8) is 0 Å². The van der Waals surface area contributed by atoms with Gasteiger partial charge in [0, 0.05) is 11.6 Å². The topological polar surface area (TPSA) is 134 Å². The lowest BCUT2D eigenvalue weighted by Crippen LogP contribution is -2.46. The van der Waals surface area contributed by atoms with Crippen LogP contribution in [-0.4, -0.2) is 37.7 Å². The number of nitrogens with two attached hydrogens (primary N) is 2. The van der Waals surface area contributed by atoms with Gasteiger partial charge in [-0.2, -0.15) is 5.10 Å². The van der Waals surface area contributed by atoms with E-state index < -0.39 is 6.04 Å². The van der Waals surface area contributed by atoms with Gasteiger partial charge < -0.3 is 21.5 Å². The first kappa shape index (κ1) is 27.3. The molecule has 2 aromatic heterocycles.